The second-order valence-corrected chi connectivity index (χ2v) is 5.03. The monoisotopic (exact) mass is 316 g/mol. The SMILES string of the molecule is O=C(N/N=C\c1ccccc1Cl)[C@H]1COc2ccccc2O1. The number of fused-ring (bicyclic) bond motifs is 1. The minimum Gasteiger partial charge on any atom is -0.485 e. The largest absolute Gasteiger partial charge is 0.485 e. The summed E-state index contributed by atoms with van der Waals surface area (Å²) in [7, 11) is 0. The van der Waals surface area contributed by atoms with Crippen LogP contribution in [-0.4, -0.2) is 24.8 Å². The van der Waals surface area contributed by atoms with Gasteiger partial charge in [0.05, 0.1) is 6.21 Å². The summed E-state index contributed by atoms with van der Waals surface area (Å²) in [6.45, 7) is 0.143. The number of amides is 1. The number of hydrogen-bond donors (Lipinski definition) is 1. The van der Waals surface area contributed by atoms with Crippen molar-refractivity contribution in [2.24, 2.45) is 5.10 Å². The van der Waals surface area contributed by atoms with Gasteiger partial charge in [-0.1, -0.05) is 41.9 Å². The van der Waals surface area contributed by atoms with E-state index in [2.05, 4.69) is 10.5 Å². The van der Waals surface area contributed by atoms with E-state index in [4.69, 9.17) is 21.1 Å². The molecule has 2 aromatic carbocycles. The van der Waals surface area contributed by atoms with Gasteiger partial charge in [-0.3, -0.25) is 4.79 Å². The summed E-state index contributed by atoms with van der Waals surface area (Å²) in [4.78, 5) is 12.0. The van der Waals surface area contributed by atoms with Crippen LogP contribution in [0.15, 0.2) is 53.6 Å². The van der Waals surface area contributed by atoms with E-state index in [1.54, 1.807) is 24.3 Å². The second-order valence-electron chi connectivity index (χ2n) is 4.62. The van der Waals surface area contributed by atoms with Crippen molar-refractivity contribution in [1.29, 1.82) is 0 Å². The van der Waals surface area contributed by atoms with Gasteiger partial charge in [-0.2, -0.15) is 5.10 Å². The van der Waals surface area contributed by atoms with Gasteiger partial charge in [0.1, 0.15) is 6.61 Å². The number of nitrogens with one attached hydrogen (secondary N) is 1. The van der Waals surface area contributed by atoms with Gasteiger partial charge in [-0.05, 0) is 18.2 Å². The molecular formula is C16H13ClN2O3. The van der Waals surface area contributed by atoms with Gasteiger partial charge >= 0.3 is 0 Å². The first-order valence-electron chi connectivity index (χ1n) is 6.70. The van der Waals surface area contributed by atoms with Crippen molar-refractivity contribution in [3.05, 3.63) is 59.1 Å². The zero-order valence-corrected chi connectivity index (χ0v) is 12.3. The number of ether oxygens (including phenoxy) is 2. The van der Waals surface area contributed by atoms with Gasteiger partial charge in [-0.15, -0.1) is 0 Å². The van der Waals surface area contributed by atoms with Crippen LogP contribution in [0, 0.1) is 0 Å². The average Bonchev–Trinajstić information content (AvgIpc) is 2.56. The Morgan fingerprint density at radius 1 is 1.18 bits per heavy atom. The number of carbonyl (C=O) groups is 1. The second kappa shape index (κ2) is 6.49. The molecule has 1 amide bonds. The lowest BCUT2D eigenvalue weighted by Crippen LogP contribution is -2.42. The fraction of sp³-hybridized carbons (Fsp3) is 0.125. The Morgan fingerprint density at radius 3 is 2.73 bits per heavy atom. The van der Waals surface area contributed by atoms with E-state index >= 15 is 0 Å². The lowest BCUT2D eigenvalue weighted by atomic mass is 10.2. The highest BCUT2D eigenvalue weighted by atomic mass is 35.5. The standard InChI is InChI=1S/C16H13ClN2O3/c17-12-6-2-1-5-11(12)9-18-19-16(20)15-10-21-13-7-3-4-8-14(13)22-15/h1-9,15H,10H2,(H,19,20)/b18-9-/t15-/m1/s1. The summed E-state index contributed by atoms with van der Waals surface area (Å²) < 4.78 is 11.1. The van der Waals surface area contributed by atoms with Crippen LogP contribution in [0.3, 0.4) is 0 Å². The molecule has 0 unspecified atom stereocenters. The predicted octanol–water partition coefficient (Wildman–Crippen LogP) is 2.63. The molecule has 112 valence electrons. The van der Waals surface area contributed by atoms with E-state index in [9.17, 15) is 4.79 Å². The van der Waals surface area contributed by atoms with Crippen LogP contribution in [0.2, 0.25) is 5.02 Å². The van der Waals surface area contributed by atoms with Crippen molar-refractivity contribution < 1.29 is 14.3 Å². The summed E-state index contributed by atoms with van der Waals surface area (Å²) in [6, 6.07) is 14.4. The number of rotatable bonds is 3. The van der Waals surface area contributed by atoms with Gasteiger partial charge in [0.2, 0.25) is 6.10 Å². The number of nitrogens with zero attached hydrogens (tertiary/aromatic N) is 1. The molecule has 0 aliphatic carbocycles. The zero-order chi connectivity index (χ0) is 15.4. The van der Waals surface area contributed by atoms with E-state index in [1.807, 2.05) is 24.3 Å². The predicted molar refractivity (Wildman–Crippen MR) is 83.5 cm³/mol. The molecule has 1 atom stereocenters. The summed E-state index contributed by atoms with van der Waals surface area (Å²) >= 11 is 6.00. The smallest absolute Gasteiger partial charge is 0.284 e. The number of benzene rings is 2. The first-order chi connectivity index (χ1) is 10.7. The van der Waals surface area contributed by atoms with Crippen molar-refractivity contribution in [3.8, 4) is 11.5 Å². The maximum Gasteiger partial charge on any atom is 0.284 e. The van der Waals surface area contributed by atoms with E-state index in [0.29, 0.717) is 16.5 Å². The number of para-hydroxylation sites is 2. The van der Waals surface area contributed by atoms with Gasteiger partial charge < -0.3 is 9.47 Å². The molecule has 5 nitrogen and oxygen atoms in total. The number of halogens is 1. The Kier molecular flexibility index (Phi) is 4.25. The highest BCUT2D eigenvalue weighted by Gasteiger charge is 2.26. The Hall–Kier alpha value is -2.53. The van der Waals surface area contributed by atoms with Crippen LogP contribution in [0.1, 0.15) is 5.56 Å². The van der Waals surface area contributed by atoms with Crippen molar-refractivity contribution in [2.45, 2.75) is 6.10 Å². The Labute approximate surface area is 132 Å². The molecule has 2 aromatic rings. The minimum atomic E-state index is -0.738. The zero-order valence-electron chi connectivity index (χ0n) is 11.5. The molecule has 22 heavy (non-hydrogen) atoms. The lowest BCUT2D eigenvalue weighted by molar-refractivity contribution is -0.130. The molecule has 0 radical (unpaired) electrons. The summed E-state index contributed by atoms with van der Waals surface area (Å²) in [5, 5.41) is 4.45. The first-order valence-corrected chi connectivity index (χ1v) is 7.08. The van der Waals surface area contributed by atoms with Crippen molar-refractivity contribution in [1.82, 2.24) is 5.43 Å². The Bertz CT molecular complexity index is 718. The highest BCUT2D eigenvalue weighted by Crippen LogP contribution is 2.30. The minimum absolute atomic E-state index is 0.143. The Balaban J connectivity index is 1.60. The van der Waals surface area contributed by atoms with Gasteiger partial charge in [-0.25, -0.2) is 5.43 Å². The molecule has 6 heteroatoms. The van der Waals surface area contributed by atoms with E-state index in [0.717, 1.165) is 5.56 Å². The third-order valence-corrected chi connectivity index (χ3v) is 3.43. The molecule has 0 saturated carbocycles. The van der Waals surface area contributed by atoms with Gasteiger partial charge in [0, 0.05) is 10.6 Å². The fourth-order valence-corrected chi connectivity index (χ4v) is 2.15. The van der Waals surface area contributed by atoms with Crippen LogP contribution >= 0.6 is 11.6 Å². The number of hydrogen-bond acceptors (Lipinski definition) is 4. The molecule has 1 aliphatic rings. The fourth-order valence-electron chi connectivity index (χ4n) is 1.97. The molecule has 1 aliphatic heterocycles. The van der Waals surface area contributed by atoms with E-state index in [1.165, 1.54) is 6.21 Å². The van der Waals surface area contributed by atoms with Crippen molar-refractivity contribution in [2.75, 3.05) is 6.61 Å². The average molecular weight is 317 g/mol. The molecule has 0 fully saturated rings. The van der Waals surface area contributed by atoms with Gasteiger partial charge in [0.25, 0.3) is 5.91 Å². The maximum atomic E-state index is 12.0. The molecule has 3 rings (SSSR count). The molecular weight excluding hydrogens is 304 g/mol. The molecule has 0 aromatic heterocycles. The normalized spacial score (nSPS) is 16.5. The molecule has 0 saturated heterocycles. The maximum absolute atomic E-state index is 12.0. The van der Waals surface area contributed by atoms with Crippen molar-refractivity contribution >= 4 is 23.7 Å². The van der Waals surface area contributed by atoms with Crippen LogP contribution < -0.4 is 14.9 Å². The quantitative estimate of drug-likeness (QED) is 0.699. The summed E-state index contributed by atoms with van der Waals surface area (Å²) in [5.41, 5.74) is 3.14. The van der Waals surface area contributed by atoms with E-state index < -0.39 is 6.10 Å². The number of carbonyl (C=O) groups excluding carboxylic acids is 1. The molecule has 0 bridgehead atoms. The molecule has 0 spiro atoms. The first kappa shape index (κ1) is 14.4. The third kappa shape index (κ3) is 3.20. The van der Waals surface area contributed by atoms with Crippen LogP contribution in [0.5, 0.6) is 11.5 Å². The molecule has 1 heterocycles. The third-order valence-electron chi connectivity index (χ3n) is 3.08. The summed E-state index contributed by atoms with van der Waals surface area (Å²) in [5.74, 6) is 0.799. The van der Waals surface area contributed by atoms with E-state index in [-0.39, 0.29) is 12.5 Å². The van der Waals surface area contributed by atoms with Crippen LogP contribution in [-0.2, 0) is 4.79 Å². The Morgan fingerprint density at radius 2 is 1.91 bits per heavy atom. The topological polar surface area (TPSA) is 59.9 Å². The summed E-state index contributed by atoms with van der Waals surface area (Å²) in [6.07, 6.45) is 0.746. The highest BCUT2D eigenvalue weighted by molar-refractivity contribution is 6.33. The number of hydrazone groups is 1. The molecule has 1 N–H and O–H groups in total. The van der Waals surface area contributed by atoms with Crippen LogP contribution in [0.4, 0.5) is 0 Å². The van der Waals surface area contributed by atoms with Crippen molar-refractivity contribution in [3.63, 3.8) is 0 Å². The lowest BCUT2D eigenvalue weighted by Gasteiger charge is -2.24. The van der Waals surface area contributed by atoms with Crippen LogP contribution in [0.25, 0.3) is 0 Å². The van der Waals surface area contributed by atoms with Gasteiger partial charge in [0.15, 0.2) is 11.5 Å².